The summed E-state index contributed by atoms with van der Waals surface area (Å²) < 4.78 is 16.2. The number of esters is 1. The van der Waals surface area contributed by atoms with Crippen LogP contribution < -0.4 is 9.47 Å². The van der Waals surface area contributed by atoms with E-state index in [1.165, 1.54) is 0 Å². The van der Waals surface area contributed by atoms with Crippen molar-refractivity contribution >= 4 is 17.5 Å². The smallest absolute Gasteiger partial charge is 0.315 e. The summed E-state index contributed by atoms with van der Waals surface area (Å²) in [5, 5.41) is 0. The molecule has 4 rings (SSSR count). The van der Waals surface area contributed by atoms with Gasteiger partial charge < -0.3 is 14.2 Å². The van der Waals surface area contributed by atoms with Gasteiger partial charge in [0.2, 0.25) is 0 Å². The fourth-order valence-electron chi connectivity index (χ4n) is 5.21. The van der Waals surface area contributed by atoms with E-state index in [-0.39, 0.29) is 24.3 Å². The van der Waals surface area contributed by atoms with Crippen LogP contribution in [-0.4, -0.2) is 38.3 Å². The quantitative estimate of drug-likeness (QED) is 0.556. The van der Waals surface area contributed by atoms with E-state index in [9.17, 15) is 9.59 Å². The van der Waals surface area contributed by atoms with Crippen LogP contribution in [0.15, 0.2) is 58.7 Å². The average Bonchev–Trinajstić information content (AvgIpc) is 2.83. The number of aryl methyl sites for hydroxylation is 1. The summed E-state index contributed by atoms with van der Waals surface area (Å²) in [6.45, 7) is 5.95. The third-order valence-electron chi connectivity index (χ3n) is 6.83. The van der Waals surface area contributed by atoms with Crippen LogP contribution in [0.1, 0.15) is 55.2 Å². The number of methoxy groups -OCH3 is 2. The molecule has 6 heteroatoms. The van der Waals surface area contributed by atoms with E-state index in [4.69, 9.17) is 19.2 Å². The van der Waals surface area contributed by atoms with Gasteiger partial charge in [0, 0.05) is 29.3 Å². The number of rotatable bonds is 6. The minimum absolute atomic E-state index is 0.0276. The van der Waals surface area contributed by atoms with Crippen molar-refractivity contribution in [2.24, 2.45) is 10.9 Å². The van der Waals surface area contributed by atoms with E-state index in [0.717, 1.165) is 22.4 Å². The Morgan fingerprint density at radius 3 is 2.44 bits per heavy atom. The Hall–Kier alpha value is -3.41. The van der Waals surface area contributed by atoms with Gasteiger partial charge in [-0.25, -0.2) is 0 Å². The molecule has 1 aliphatic heterocycles. The maximum absolute atomic E-state index is 13.7. The van der Waals surface area contributed by atoms with Crippen molar-refractivity contribution in [3.8, 4) is 11.5 Å². The SMILES string of the molecule is CCOC(=O)C1C(C)=NC2=C(C(=O)C[C@@H](c3ccc(OC)c(OC)c3)C2)[C@@H]1c1ccccc1C. The van der Waals surface area contributed by atoms with Crippen LogP contribution >= 0.6 is 0 Å². The maximum atomic E-state index is 13.7. The molecule has 0 N–H and O–H groups in total. The molecule has 0 spiro atoms. The molecule has 34 heavy (non-hydrogen) atoms. The zero-order valence-electron chi connectivity index (χ0n) is 20.4. The highest BCUT2D eigenvalue weighted by Gasteiger charge is 2.45. The maximum Gasteiger partial charge on any atom is 0.315 e. The largest absolute Gasteiger partial charge is 0.493 e. The first-order valence-electron chi connectivity index (χ1n) is 11.6. The van der Waals surface area contributed by atoms with Gasteiger partial charge in [0.1, 0.15) is 5.92 Å². The van der Waals surface area contributed by atoms with Gasteiger partial charge in [-0.1, -0.05) is 30.3 Å². The lowest BCUT2D eigenvalue weighted by molar-refractivity contribution is -0.146. The molecule has 6 nitrogen and oxygen atoms in total. The zero-order chi connectivity index (χ0) is 24.4. The monoisotopic (exact) mass is 461 g/mol. The number of ketones is 1. The number of hydrogen-bond donors (Lipinski definition) is 0. The van der Waals surface area contributed by atoms with Crippen molar-refractivity contribution in [2.45, 2.75) is 45.4 Å². The molecule has 0 saturated carbocycles. The van der Waals surface area contributed by atoms with Crippen molar-refractivity contribution < 1.29 is 23.8 Å². The molecule has 0 radical (unpaired) electrons. The topological polar surface area (TPSA) is 74.2 Å². The molecule has 0 amide bonds. The van der Waals surface area contributed by atoms with Gasteiger partial charge in [0.15, 0.2) is 17.3 Å². The summed E-state index contributed by atoms with van der Waals surface area (Å²) in [6.07, 6.45) is 0.965. The summed E-state index contributed by atoms with van der Waals surface area (Å²) in [6, 6.07) is 13.7. The van der Waals surface area contributed by atoms with Crippen LogP contribution in [-0.2, 0) is 14.3 Å². The van der Waals surface area contributed by atoms with E-state index < -0.39 is 11.8 Å². The Morgan fingerprint density at radius 2 is 1.76 bits per heavy atom. The molecule has 0 fully saturated rings. The second-order valence-corrected chi connectivity index (χ2v) is 8.82. The molecule has 0 saturated heterocycles. The number of carbonyl (C=O) groups is 2. The average molecular weight is 462 g/mol. The lowest BCUT2D eigenvalue weighted by Gasteiger charge is -2.37. The van der Waals surface area contributed by atoms with Crippen molar-refractivity contribution in [1.82, 2.24) is 0 Å². The van der Waals surface area contributed by atoms with Gasteiger partial charge in [-0.3, -0.25) is 14.6 Å². The number of Topliss-reactive ketones (excluding diaryl/α,β-unsaturated/α-hetero) is 1. The Balaban J connectivity index is 1.79. The first kappa shape index (κ1) is 23.7. The first-order chi connectivity index (χ1) is 16.4. The summed E-state index contributed by atoms with van der Waals surface area (Å²) in [4.78, 5) is 31.5. The van der Waals surface area contributed by atoms with Crippen LogP contribution in [0.25, 0.3) is 0 Å². The van der Waals surface area contributed by atoms with Gasteiger partial charge in [-0.15, -0.1) is 0 Å². The normalized spacial score (nSPS) is 22.1. The number of aliphatic imine (C=N–C) groups is 1. The van der Waals surface area contributed by atoms with Crippen molar-refractivity contribution in [3.05, 3.63) is 70.4 Å². The van der Waals surface area contributed by atoms with Crippen LogP contribution in [0, 0.1) is 12.8 Å². The number of nitrogens with zero attached hydrogens (tertiary/aromatic N) is 1. The fourth-order valence-corrected chi connectivity index (χ4v) is 5.21. The third kappa shape index (κ3) is 4.25. The van der Waals surface area contributed by atoms with E-state index in [2.05, 4.69) is 0 Å². The first-order valence-corrected chi connectivity index (χ1v) is 11.6. The molecule has 2 aliphatic rings. The van der Waals surface area contributed by atoms with Crippen LogP contribution in [0.4, 0.5) is 0 Å². The van der Waals surface area contributed by atoms with Crippen molar-refractivity contribution in [3.63, 3.8) is 0 Å². The Kier molecular flexibility index (Phi) is 6.87. The molecule has 1 unspecified atom stereocenters. The minimum Gasteiger partial charge on any atom is -0.493 e. The Bertz CT molecular complexity index is 1180. The van der Waals surface area contributed by atoms with E-state index in [1.807, 2.05) is 56.3 Å². The molecule has 1 heterocycles. The molecule has 178 valence electrons. The number of allylic oxidation sites excluding steroid dienone is 2. The molecular formula is C28H31NO5. The highest BCUT2D eigenvalue weighted by atomic mass is 16.5. The molecular weight excluding hydrogens is 430 g/mol. The molecule has 3 atom stereocenters. The lowest BCUT2D eigenvalue weighted by atomic mass is 9.68. The third-order valence-corrected chi connectivity index (χ3v) is 6.83. The van der Waals surface area contributed by atoms with Crippen LogP contribution in [0.2, 0.25) is 0 Å². The van der Waals surface area contributed by atoms with Gasteiger partial charge in [0.05, 0.1) is 20.8 Å². The van der Waals surface area contributed by atoms with Crippen LogP contribution in [0.3, 0.4) is 0 Å². The number of ether oxygens (including phenoxy) is 3. The summed E-state index contributed by atoms with van der Waals surface area (Å²) >= 11 is 0. The number of benzene rings is 2. The summed E-state index contributed by atoms with van der Waals surface area (Å²) in [7, 11) is 3.20. The van der Waals surface area contributed by atoms with E-state index in [1.54, 1.807) is 21.1 Å². The predicted octanol–water partition coefficient (Wildman–Crippen LogP) is 5.15. The predicted molar refractivity (Wildman–Crippen MR) is 131 cm³/mol. The summed E-state index contributed by atoms with van der Waals surface area (Å²) in [5.41, 5.74) is 5.12. The van der Waals surface area contributed by atoms with Crippen LogP contribution in [0.5, 0.6) is 11.5 Å². The van der Waals surface area contributed by atoms with Gasteiger partial charge >= 0.3 is 5.97 Å². The zero-order valence-corrected chi connectivity index (χ0v) is 20.4. The fraction of sp³-hybridized carbons (Fsp3) is 0.393. The highest BCUT2D eigenvalue weighted by molar-refractivity contribution is 6.09. The Morgan fingerprint density at radius 1 is 1.03 bits per heavy atom. The van der Waals surface area contributed by atoms with Gasteiger partial charge in [-0.05, 0) is 61.9 Å². The van der Waals surface area contributed by atoms with Crippen molar-refractivity contribution in [1.29, 1.82) is 0 Å². The minimum atomic E-state index is -0.610. The number of carbonyl (C=O) groups excluding carboxylic acids is 2. The highest BCUT2D eigenvalue weighted by Crippen LogP contribution is 2.48. The summed E-state index contributed by atoms with van der Waals surface area (Å²) in [5.74, 6) is -0.0575. The van der Waals surface area contributed by atoms with E-state index >= 15 is 0 Å². The molecule has 0 aromatic heterocycles. The molecule has 2 aromatic rings. The van der Waals surface area contributed by atoms with Crippen molar-refractivity contribution in [2.75, 3.05) is 20.8 Å². The lowest BCUT2D eigenvalue weighted by Crippen LogP contribution is -2.38. The molecule has 0 bridgehead atoms. The number of hydrogen-bond acceptors (Lipinski definition) is 6. The standard InChI is InChI=1S/C28H31NO5/c1-6-34-28(31)25-17(3)29-21-13-19(18-11-12-23(32-4)24(15-18)33-5)14-22(30)27(21)26(25)20-10-8-7-9-16(20)2/h7-12,15,19,25-26H,6,13-14H2,1-5H3/t19-,25?,26+/m0/s1. The second-order valence-electron chi connectivity index (χ2n) is 8.82. The molecule has 1 aliphatic carbocycles. The molecule has 2 aromatic carbocycles. The van der Waals surface area contributed by atoms with Gasteiger partial charge in [0.25, 0.3) is 0 Å². The van der Waals surface area contributed by atoms with Gasteiger partial charge in [-0.2, -0.15) is 0 Å². The van der Waals surface area contributed by atoms with E-state index in [0.29, 0.717) is 35.6 Å². The Labute approximate surface area is 200 Å². The second kappa shape index (κ2) is 9.84.